The lowest BCUT2D eigenvalue weighted by Crippen LogP contribution is -2.29. The molecule has 0 aliphatic heterocycles. The van der Waals surface area contributed by atoms with Crippen LogP contribution < -0.4 is 10.1 Å². The van der Waals surface area contributed by atoms with E-state index in [0.717, 1.165) is 12.1 Å². The van der Waals surface area contributed by atoms with Gasteiger partial charge in [0, 0.05) is 6.07 Å². The van der Waals surface area contributed by atoms with Crippen molar-refractivity contribution in [2.45, 2.75) is 19.4 Å². The minimum atomic E-state index is -0.196. The number of aromatic nitrogens is 1. The summed E-state index contributed by atoms with van der Waals surface area (Å²) in [5.74, 6) is 0.301. The lowest BCUT2D eigenvalue weighted by molar-refractivity contribution is -0.119. The molecular weight excluding hydrogens is 228 g/mol. The number of nitrogens with zero attached hydrogens (tertiary/aromatic N) is 1. The van der Waals surface area contributed by atoms with Crippen LogP contribution in [0.5, 0.6) is 5.88 Å². The Morgan fingerprint density at radius 1 is 1.62 bits per heavy atom. The highest BCUT2D eigenvalue weighted by atomic mass is 35.5. The standard InChI is InChI=1S/C11H15ClN2O2/c1-3-8(13-10(15)7-12)9-5-4-6-11(14-9)16-2/h4-6,8H,3,7H2,1-2H3,(H,13,15). The van der Waals surface area contributed by atoms with Crippen molar-refractivity contribution in [3.05, 3.63) is 23.9 Å². The van der Waals surface area contributed by atoms with E-state index in [4.69, 9.17) is 16.3 Å². The van der Waals surface area contributed by atoms with E-state index in [-0.39, 0.29) is 17.8 Å². The summed E-state index contributed by atoms with van der Waals surface area (Å²) in [5, 5.41) is 2.80. The molecule has 0 fully saturated rings. The highest BCUT2D eigenvalue weighted by molar-refractivity contribution is 6.27. The molecule has 0 saturated carbocycles. The van der Waals surface area contributed by atoms with Crippen LogP contribution >= 0.6 is 11.6 Å². The van der Waals surface area contributed by atoms with Gasteiger partial charge in [0.25, 0.3) is 0 Å². The van der Waals surface area contributed by atoms with E-state index < -0.39 is 0 Å². The van der Waals surface area contributed by atoms with Crippen LogP contribution in [0.25, 0.3) is 0 Å². The van der Waals surface area contributed by atoms with E-state index in [9.17, 15) is 4.79 Å². The lowest BCUT2D eigenvalue weighted by atomic mass is 10.1. The summed E-state index contributed by atoms with van der Waals surface area (Å²) in [6, 6.07) is 5.34. The third-order valence-electron chi connectivity index (χ3n) is 2.18. The van der Waals surface area contributed by atoms with Crippen molar-refractivity contribution >= 4 is 17.5 Å². The Balaban J connectivity index is 2.81. The SMILES string of the molecule is CCC(NC(=O)CCl)c1cccc(OC)n1. The van der Waals surface area contributed by atoms with Crippen LogP contribution in [0.1, 0.15) is 25.1 Å². The fourth-order valence-corrected chi connectivity index (χ4v) is 1.43. The number of ether oxygens (including phenoxy) is 1. The van der Waals surface area contributed by atoms with E-state index in [1.807, 2.05) is 19.1 Å². The summed E-state index contributed by atoms with van der Waals surface area (Å²) in [7, 11) is 1.56. The van der Waals surface area contributed by atoms with Crippen LogP contribution in [0.15, 0.2) is 18.2 Å². The van der Waals surface area contributed by atoms with Gasteiger partial charge in [-0.25, -0.2) is 4.98 Å². The average molecular weight is 243 g/mol. The minimum absolute atomic E-state index is 0.0412. The number of carbonyl (C=O) groups excluding carboxylic acids is 1. The largest absolute Gasteiger partial charge is 0.481 e. The number of amides is 1. The molecule has 1 heterocycles. The number of pyridine rings is 1. The Hall–Kier alpha value is -1.29. The molecule has 1 aromatic rings. The van der Waals surface area contributed by atoms with Gasteiger partial charge in [-0.05, 0) is 12.5 Å². The molecule has 1 aromatic heterocycles. The molecule has 5 heteroatoms. The second-order valence-electron chi connectivity index (χ2n) is 3.27. The van der Waals surface area contributed by atoms with Crippen LogP contribution in [-0.2, 0) is 4.79 Å². The van der Waals surface area contributed by atoms with Crippen molar-refractivity contribution in [1.82, 2.24) is 10.3 Å². The maximum absolute atomic E-state index is 11.2. The smallest absolute Gasteiger partial charge is 0.235 e. The molecule has 1 amide bonds. The molecule has 1 unspecified atom stereocenters. The maximum Gasteiger partial charge on any atom is 0.235 e. The molecule has 0 aliphatic rings. The molecule has 0 aliphatic carbocycles. The van der Waals surface area contributed by atoms with E-state index in [1.165, 1.54) is 0 Å². The van der Waals surface area contributed by atoms with Gasteiger partial charge >= 0.3 is 0 Å². The van der Waals surface area contributed by atoms with Crippen LogP contribution in [0.2, 0.25) is 0 Å². The van der Waals surface area contributed by atoms with Gasteiger partial charge in [0.1, 0.15) is 5.88 Å². The highest BCUT2D eigenvalue weighted by Crippen LogP contribution is 2.17. The Kier molecular flexibility index (Phi) is 5.05. The summed E-state index contributed by atoms with van der Waals surface area (Å²) < 4.78 is 5.03. The first kappa shape index (κ1) is 12.8. The van der Waals surface area contributed by atoms with Gasteiger partial charge in [-0.2, -0.15) is 0 Å². The quantitative estimate of drug-likeness (QED) is 0.803. The molecule has 0 bridgehead atoms. The van der Waals surface area contributed by atoms with Crippen LogP contribution in [-0.4, -0.2) is 23.9 Å². The number of rotatable bonds is 5. The third-order valence-corrected chi connectivity index (χ3v) is 2.42. The minimum Gasteiger partial charge on any atom is -0.481 e. The summed E-state index contributed by atoms with van der Waals surface area (Å²) >= 11 is 5.44. The third kappa shape index (κ3) is 3.38. The van der Waals surface area contributed by atoms with Gasteiger partial charge < -0.3 is 10.1 Å². The summed E-state index contributed by atoms with van der Waals surface area (Å²) in [5.41, 5.74) is 0.778. The van der Waals surface area contributed by atoms with Gasteiger partial charge in [0.05, 0.1) is 18.8 Å². The second kappa shape index (κ2) is 6.33. The number of halogens is 1. The Morgan fingerprint density at radius 3 is 2.94 bits per heavy atom. The predicted molar refractivity (Wildman–Crippen MR) is 62.7 cm³/mol. The molecule has 0 aromatic carbocycles. The number of alkyl halides is 1. The second-order valence-corrected chi connectivity index (χ2v) is 3.53. The molecule has 16 heavy (non-hydrogen) atoms. The molecule has 0 radical (unpaired) electrons. The molecule has 0 spiro atoms. The Bertz CT molecular complexity index is 358. The zero-order valence-electron chi connectivity index (χ0n) is 9.37. The van der Waals surface area contributed by atoms with E-state index in [2.05, 4.69) is 10.3 Å². The average Bonchev–Trinajstić information content (AvgIpc) is 2.35. The lowest BCUT2D eigenvalue weighted by Gasteiger charge is -2.16. The van der Waals surface area contributed by atoms with Crippen molar-refractivity contribution in [3.8, 4) is 5.88 Å². The number of carbonyl (C=O) groups is 1. The highest BCUT2D eigenvalue weighted by Gasteiger charge is 2.13. The first-order chi connectivity index (χ1) is 7.71. The topological polar surface area (TPSA) is 51.2 Å². The molecule has 4 nitrogen and oxygen atoms in total. The van der Waals surface area contributed by atoms with Gasteiger partial charge in [-0.1, -0.05) is 13.0 Å². The van der Waals surface area contributed by atoms with Crippen LogP contribution in [0, 0.1) is 0 Å². The van der Waals surface area contributed by atoms with Crippen molar-refractivity contribution in [1.29, 1.82) is 0 Å². The van der Waals surface area contributed by atoms with Crippen molar-refractivity contribution in [3.63, 3.8) is 0 Å². The summed E-state index contributed by atoms with van der Waals surface area (Å²) in [6.07, 6.45) is 0.753. The predicted octanol–water partition coefficient (Wildman–Crippen LogP) is 1.90. The molecular formula is C11H15ClN2O2. The summed E-state index contributed by atoms with van der Waals surface area (Å²) in [6.45, 7) is 1.97. The van der Waals surface area contributed by atoms with Crippen molar-refractivity contribution in [2.75, 3.05) is 13.0 Å². The van der Waals surface area contributed by atoms with Crippen molar-refractivity contribution < 1.29 is 9.53 Å². The first-order valence-electron chi connectivity index (χ1n) is 5.07. The molecule has 0 saturated heterocycles. The number of hydrogen-bond donors (Lipinski definition) is 1. The fraction of sp³-hybridized carbons (Fsp3) is 0.455. The van der Waals surface area contributed by atoms with E-state index in [1.54, 1.807) is 13.2 Å². The Labute approximate surface area is 100.0 Å². The van der Waals surface area contributed by atoms with E-state index in [0.29, 0.717) is 5.88 Å². The zero-order valence-corrected chi connectivity index (χ0v) is 10.1. The molecule has 1 rings (SSSR count). The van der Waals surface area contributed by atoms with Crippen LogP contribution in [0.4, 0.5) is 0 Å². The van der Waals surface area contributed by atoms with Crippen LogP contribution in [0.3, 0.4) is 0 Å². The van der Waals surface area contributed by atoms with Crippen molar-refractivity contribution in [2.24, 2.45) is 0 Å². The first-order valence-corrected chi connectivity index (χ1v) is 5.61. The normalized spacial score (nSPS) is 11.9. The molecule has 1 atom stereocenters. The fourth-order valence-electron chi connectivity index (χ4n) is 1.36. The number of hydrogen-bond acceptors (Lipinski definition) is 3. The van der Waals surface area contributed by atoms with Gasteiger partial charge in [0.2, 0.25) is 11.8 Å². The zero-order chi connectivity index (χ0) is 12.0. The molecule has 1 N–H and O–H groups in total. The molecule has 88 valence electrons. The van der Waals surface area contributed by atoms with Gasteiger partial charge in [-0.3, -0.25) is 4.79 Å². The Morgan fingerprint density at radius 2 is 2.38 bits per heavy atom. The van der Waals surface area contributed by atoms with E-state index >= 15 is 0 Å². The maximum atomic E-state index is 11.2. The van der Waals surface area contributed by atoms with Gasteiger partial charge in [-0.15, -0.1) is 11.6 Å². The number of methoxy groups -OCH3 is 1. The van der Waals surface area contributed by atoms with Gasteiger partial charge in [0.15, 0.2) is 0 Å². The summed E-state index contributed by atoms with van der Waals surface area (Å²) in [4.78, 5) is 15.5. The monoisotopic (exact) mass is 242 g/mol. The number of nitrogens with one attached hydrogen (secondary N) is 1.